The molecular weight excluding hydrogens is 431 g/mol. The van der Waals surface area contributed by atoms with Gasteiger partial charge in [-0.15, -0.1) is 12.4 Å². The maximum Gasteiger partial charge on any atom is 0.416 e. The van der Waals surface area contributed by atoms with Gasteiger partial charge in [0.25, 0.3) is 5.91 Å². The third kappa shape index (κ3) is 6.72. The minimum Gasteiger partial charge on any atom is -0.367 e. The Morgan fingerprint density at radius 2 is 1.61 bits per heavy atom. The number of aromatic nitrogens is 2. The van der Waals surface area contributed by atoms with E-state index < -0.39 is 11.7 Å². The summed E-state index contributed by atoms with van der Waals surface area (Å²) in [7, 11) is 3.85. The third-order valence-electron chi connectivity index (χ3n) is 5.17. The van der Waals surface area contributed by atoms with Crippen molar-refractivity contribution < 1.29 is 18.0 Å². The maximum atomic E-state index is 12.7. The van der Waals surface area contributed by atoms with Gasteiger partial charge in [0.15, 0.2) is 0 Å². The molecule has 1 saturated carbocycles. The summed E-state index contributed by atoms with van der Waals surface area (Å²) in [5, 5.41) is 6.38. The summed E-state index contributed by atoms with van der Waals surface area (Å²) in [4.78, 5) is 23.1. The van der Waals surface area contributed by atoms with Gasteiger partial charge in [0.1, 0.15) is 17.5 Å². The zero-order valence-electron chi connectivity index (χ0n) is 17.7. The molecule has 0 saturated heterocycles. The van der Waals surface area contributed by atoms with Crippen molar-refractivity contribution in [3.05, 3.63) is 47.3 Å². The van der Waals surface area contributed by atoms with Gasteiger partial charge >= 0.3 is 6.18 Å². The van der Waals surface area contributed by atoms with E-state index in [2.05, 4.69) is 20.6 Å². The van der Waals surface area contributed by atoms with Crippen LogP contribution in [0.2, 0.25) is 0 Å². The number of anilines is 2. The van der Waals surface area contributed by atoms with E-state index >= 15 is 0 Å². The monoisotopic (exact) mass is 457 g/mol. The van der Waals surface area contributed by atoms with Crippen LogP contribution in [-0.2, 0) is 6.18 Å². The van der Waals surface area contributed by atoms with Crippen molar-refractivity contribution >= 4 is 29.9 Å². The highest BCUT2D eigenvalue weighted by molar-refractivity contribution is 5.94. The summed E-state index contributed by atoms with van der Waals surface area (Å²) < 4.78 is 38.0. The first-order chi connectivity index (χ1) is 14.1. The molecule has 0 bridgehead atoms. The van der Waals surface area contributed by atoms with E-state index in [9.17, 15) is 18.0 Å². The van der Waals surface area contributed by atoms with Gasteiger partial charge in [-0.25, -0.2) is 9.97 Å². The average molecular weight is 458 g/mol. The van der Waals surface area contributed by atoms with E-state index in [1.807, 2.05) is 32.0 Å². The highest BCUT2D eigenvalue weighted by Crippen LogP contribution is 2.29. The van der Waals surface area contributed by atoms with Gasteiger partial charge in [0.05, 0.1) is 5.56 Å². The molecule has 2 aromatic rings. The molecule has 0 aliphatic heterocycles. The predicted octanol–water partition coefficient (Wildman–Crippen LogP) is 4.44. The van der Waals surface area contributed by atoms with Gasteiger partial charge < -0.3 is 15.5 Å². The Kier molecular flexibility index (Phi) is 8.11. The summed E-state index contributed by atoms with van der Waals surface area (Å²) >= 11 is 0. The molecule has 10 heteroatoms. The number of nitrogens with zero attached hydrogens (tertiary/aromatic N) is 3. The molecule has 1 aromatic heterocycles. The van der Waals surface area contributed by atoms with Crippen LogP contribution >= 0.6 is 12.4 Å². The zero-order valence-corrected chi connectivity index (χ0v) is 18.5. The molecule has 0 radical (unpaired) electrons. The molecule has 1 aliphatic rings. The summed E-state index contributed by atoms with van der Waals surface area (Å²) in [6, 6.07) is 6.45. The van der Waals surface area contributed by atoms with Crippen LogP contribution in [0, 0.1) is 6.92 Å². The number of carbonyl (C=O) groups excluding carboxylic acids is 1. The highest BCUT2D eigenvalue weighted by Gasteiger charge is 2.30. The number of halogens is 4. The molecule has 1 aliphatic carbocycles. The summed E-state index contributed by atoms with van der Waals surface area (Å²) in [5.41, 5.74) is -0.529. The molecule has 170 valence electrons. The van der Waals surface area contributed by atoms with E-state index in [0.29, 0.717) is 5.82 Å². The van der Waals surface area contributed by atoms with Gasteiger partial charge in [-0.1, -0.05) is 0 Å². The molecule has 1 fully saturated rings. The number of hydrogen-bond acceptors (Lipinski definition) is 5. The fourth-order valence-electron chi connectivity index (χ4n) is 3.53. The maximum absolute atomic E-state index is 12.7. The first kappa shape index (κ1) is 24.7. The lowest BCUT2D eigenvalue weighted by atomic mass is 9.91. The topological polar surface area (TPSA) is 70.2 Å². The van der Waals surface area contributed by atoms with Crippen molar-refractivity contribution in [3.63, 3.8) is 0 Å². The predicted molar refractivity (Wildman–Crippen MR) is 117 cm³/mol. The number of carbonyl (C=O) groups is 1. The number of amides is 1. The second kappa shape index (κ2) is 10.2. The number of nitrogens with one attached hydrogen (secondary N) is 2. The smallest absolute Gasteiger partial charge is 0.367 e. The lowest BCUT2D eigenvalue weighted by Gasteiger charge is -2.30. The number of hydrogen-bond donors (Lipinski definition) is 2. The van der Waals surface area contributed by atoms with Crippen LogP contribution in [0.15, 0.2) is 30.3 Å². The second-order valence-electron chi connectivity index (χ2n) is 7.79. The van der Waals surface area contributed by atoms with Gasteiger partial charge in [0.2, 0.25) is 0 Å². The number of aryl methyl sites for hydroxylation is 1. The Morgan fingerprint density at radius 3 is 2.16 bits per heavy atom. The lowest BCUT2D eigenvalue weighted by Crippen LogP contribution is -2.40. The molecule has 1 amide bonds. The van der Waals surface area contributed by atoms with Crippen molar-refractivity contribution in [1.29, 1.82) is 0 Å². The molecule has 0 atom stereocenters. The first-order valence-corrected chi connectivity index (χ1v) is 9.89. The average Bonchev–Trinajstić information content (AvgIpc) is 2.68. The molecule has 1 heterocycles. The quantitative estimate of drug-likeness (QED) is 0.694. The normalized spacial score (nSPS) is 18.6. The highest BCUT2D eigenvalue weighted by atomic mass is 35.5. The van der Waals surface area contributed by atoms with Crippen LogP contribution in [0.5, 0.6) is 0 Å². The van der Waals surface area contributed by atoms with E-state index in [1.54, 1.807) is 0 Å². The Morgan fingerprint density at radius 1 is 1.03 bits per heavy atom. The summed E-state index contributed by atoms with van der Waals surface area (Å²) in [6.07, 6.45) is -1.12. The van der Waals surface area contributed by atoms with Crippen molar-refractivity contribution in [2.75, 3.05) is 24.3 Å². The second-order valence-corrected chi connectivity index (χ2v) is 7.79. The molecule has 31 heavy (non-hydrogen) atoms. The number of benzene rings is 1. The molecule has 0 unspecified atom stereocenters. The van der Waals surface area contributed by atoms with Crippen LogP contribution in [0.1, 0.15) is 47.4 Å². The fraction of sp³-hybridized carbons (Fsp3) is 0.476. The van der Waals surface area contributed by atoms with Crippen LogP contribution in [0.4, 0.5) is 24.8 Å². The van der Waals surface area contributed by atoms with Crippen molar-refractivity contribution in [1.82, 2.24) is 15.3 Å². The van der Waals surface area contributed by atoms with Crippen LogP contribution in [-0.4, -0.2) is 42.1 Å². The van der Waals surface area contributed by atoms with Crippen LogP contribution < -0.4 is 15.5 Å². The fourth-order valence-corrected chi connectivity index (χ4v) is 3.53. The van der Waals surface area contributed by atoms with Gasteiger partial charge in [0, 0.05) is 37.8 Å². The minimum atomic E-state index is -4.41. The van der Waals surface area contributed by atoms with Gasteiger partial charge in [-0.05, 0) is 56.9 Å². The molecule has 6 nitrogen and oxygen atoms in total. The van der Waals surface area contributed by atoms with Crippen molar-refractivity contribution in [2.45, 2.75) is 50.9 Å². The van der Waals surface area contributed by atoms with Gasteiger partial charge in [-0.2, -0.15) is 13.2 Å². The SMILES string of the molecule is Cc1nc(NC2CCC(NC(=O)c3ccc(C(F)(F)F)cc3)CC2)cc(N(C)C)n1.Cl. The Bertz CT molecular complexity index is 882. The standard InChI is InChI=1S/C21H26F3N5O.ClH/c1-13-25-18(12-19(26-13)29(2)3)27-16-8-10-17(11-9-16)28-20(30)14-4-6-15(7-5-14)21(22,23)24;/h4-7,12,16-17H,8-11H2,1-3H3,(H,28,30)(H,25,26,27);1H. The lowest BCUT2D eigenvalue weighted by molar-refractivity contribution is -0.137. The van der Waals surface area contributed by atoms with Crippen molar-refractivity contribution in [2.24, 2.45) is 0 Å². The Hall–Kier alpha value is -2.55. The zero-order chi connectivity index (χ0) is 21.9. The van der Waals surface area contributed by atoms with E-state index in [4.69, 9.17) is 0 Å². The van der Waals surface area contributed by atoms with E-state index in [-0.39, 0.29) is 36.0 Å². The van der Waals surface area contributed by atoms with E-state index in [0.717, 1.165) is 49.5 Å². The Balaban J connectivity index is 0.00000341. The molecule has 0 spiro atoms. The number of rotatable bonds is 5. The van der Waals surface area contributed by atoms with Gasteiger partial charge in [-0.3, -0.25) is 4.79 Å². The Labute approximate surface area is 186 Å². The van der Waals surface area contributed by atoms with Crippen LogP contribution in [0.25, 0.3) is 0 Å². The largest absolute Gasteiger partial charge is 0.416 e. The summed E-state index contributed by atoms with van der Waals surface area (Å²) in [6.45, 7) is 1.85. The van der Waals surface area contributed by atoms with Crippen LogP contribution in [0.3, 0.4) is 0 Å². The molecule has 3 rings (SSSR count). The summed E-state index contributed by atoms with van der Waals surface area (Å²) in [5.74, 6) is 1.97. The minimum absolute atomic E-state index is 0. The van der Waals surface area contributed by atoms with Crippen molar-refractivity contribution in [3.8, 4) is 0 Å². The molecule has 1 aromatic carbocycles. The molecular formula is C21H27ClF3N5O. The molecule has 2 N–H and O–H groups in total. The number of alkyl halides is 3. The first-order valence-electron chi connectivity index (χ1n) is 9.89. The van der Waals surface area contributed by atoms with E-state index in [1.165, 1.54) is 12.1 Å². The third-order valence-corrected chi connectivity index (χ3v) is 5.17.